The summed E-state index contributed by atoms with van der Waals surface area (Å²) in [5.74, 6) is 0.938. The molecule has 0 heterocycles. The molecular weight excluding hydrogens is 338 g/mol. The summed E-state index contributed by atoms with van der Waals surface area (Å²) in [6.07, 6.45) is 0. The van der Waals surface area contributed by atoms with Gasteiger partial charge in [-0.25, -0.2) is 0 Å². The lowest BCUT2D eigenvalue weighted by Crippen LogP contribution is -2.13. The zero-order chi connectivity index (χ0) is 13.5. The Hall–Kier alpha value is -1.03. The predicted molar refractivity (Wildman–Crippen MR) is 89.5 cm³/mol. The zero-order valence-corrected chi connectivity index (χ0v) is 13.8. The van der Waals surface area contributed by atoms with Crippen LogP contribution in [0.5, 0.6) is 5.75 Å². The van der Waals surface area contributed by atoms with Gasteiger partial charge in [0.05, 0.1) is 0 Å². The van der Waals surface area contributed by atoms with Crippen molar-refractivity contribution in [3.63, 3.8) is 0 Å². The molecule has 2 aromatic carbocycles. The zero-order valence-electron chi connectivity index (χ0n) is 11.4. The molecule has 0 amide bonds. The molecular formula is C16H19BrClNO. The maximum atomic E-state index is 5.91. The Kier molecular flexibility index (Phi) is 7.67. The Balaban J connectivity index is 0.00000200. The van der Waals surface area contributed by atoms with Crippen molar-refractivity contribution in [2.24, 2.45) is 0 Å². The molecule has 108 valence electrons. The van der Waals surface area contributed by atoms with Crippen LogP contribution >= 0.6 is 28.3 Å². The molecule has 0 unspecified atom stereocenters. The highest BCUT2D eigenvalue weighted by molar-refractivity contribution is 9.10. The number of benzene rings is 2. The minimum atomic E-state index is 0. The maximum Gasteiger partial charge on any atom is 0.124 e. The molecule has 1 N–H and O–H groups in total. The van der Waals surface area contributed by atoms with E-state index in [4.69, 9.17) is 4.74 Å². The molecule has 2 rings (SSSR count). The van der Waals surface area contributed by atoms with Crippen LogP contribution in [-0.2, 0) is 13.2 Å². The van der Waals surface area contributed by atoms with Crippen molar-refractivity contribution in [1.29, 1.82) is 0 Å². The molecule has 0 aliphatic rings. The van der Waals surface area contributed by atoms with Gasteiger partial charge in [-0.2, -0.15) is 0 Å². The summed E-state index contributed by atoms with van der Waals surface area (Å²) < 4.78 is 6.99. The van der Waals surface area contributed by atoms with Crippen LogP contribution in [-0.4, -0.2) is 6.54 Å². The molecule has 0 saturated heterocycles. The fraction of sp³-hybridized carbons (Fsp3) is 0.250. The molecule has 2 aromatic rings. The fourth-order valence-electron chi connectivity index (χ4n) is 1.82. The van der Waals surface area contributed by atoms with Crippen molar-refractivity contribution < 1.29 is 4.74 Å². The number of ether oxygens (including phenoxy) is 1. The molecule has 0 saturated carbocycles. The van der Waals surface area contributed by atoms with Gasteiger partial charge >= 0.3 is 0 Å². The molecule has 20 heavy (non-hydrogen) atoms. The number of halogens is 2. The van der Waals surface area contributed by atoms with Crippen LogP contribution in [0.15, 0.2) is 53.0 Å². The van der Waals surface area contributed by atoms with Gasteiger partial charge in [-0.3, -0.25) is 0 Å². The van der Waals surface area contributed by atoms with Crippen LogP contribution in [0.4, 0.5) is 0 Å². The first-order valence-corrected chi connectivity index (χ1v) is 7.24. The van der Waals surface area contributed by atoms with Crippen molar-refractivity contribution in [2.45, 2.75) is 20.1 Å². The van der Waals surface area contributed by atoms with E-state index in [9.17, 15) is 0 Å². The lowest BCUT2D eigenvalue weighted by molar-refractivity contribution is 0.302. The second-order valence-electron chi connectivity index (χ2n) is 4.31. The molecule has 0 fully saturated rings. The number of hydrogen-bond donors (Lipinski definition) is 1. The van der Waals surface area contributed by atoms with E-state index in [-0.39, 0.29) is 12.4 Å². The second-order valence-corrected chi connectivity index (χ2v) is 5.22. The highest BCUT2D eigenvalue weighted by Crippen LogP contribution is 2.24. The van der Waals surface area contributed by atoms with Crippen LogP contribution in [0.2, 0.25) is 0 Å². The summed E-state index contributed by atoms with van der Waals surface area (Å²) in [7, 11) is 0. The average Bonchev–Trinajstić information content (AvgIpc) is 2.45. The van der Waals surface area contributed by atoms with Crippen molar-refractivity contribution >= 4 is 28.3 Å². The van der Waals surface area contributed by atoms with Crippen LogP contribution in [0, 0.1) is 0 Å². The van der Waals surface area contributed by atoms with E-state index < -0.39 is 0 Å². The van der Waals surface area contributed by atoms with E-state index in [1.165, 1.54) is 11.1 Å². The van der Waals surface area contributed by atoms with E-state index in [1.807, 2.05) is 30.3 Å². The first kappa shape index (κ1) is 17.0. The van der Waals surface area contributed by atoms with E-state index in [0.717, 1.165) is 23.3 Å². The summed E-state index contributed by atoms with van der Waals surface area (Å²) in [5.41, 5.74) is 2.35. The average molecular weight is 357 g/mol. The lowest BCUT2D eigenvalue weighted by Gasteiger charge is -2.12. The Morgan fingerprint density at radius 1 is 1.10 bits per heavy atom. The molecule has 0 bridgehead atoms. The van der Waals surface area contributed by atoms with Gasteiger partial charge in [-0.05, 0) is 30.3 Å². The summed E-state index contributed by atoms with van der Waals surface area (Å²) in [6.45, 7) is 4.47. The predicted octanol–water partition coefficient (Wildman–Crippen LogP) is 4.56. The van der Waals surface area contributed by atoms with Gasteiger partial charge in [-0.1, -0.05) is 53.2 Å². The van der Waals surface area contributed by atoms with E-state index in [1.54, 1.807) is 0 Å². The molecule has 0 radical (unpaired) electrons. The largest absolute Gasteiger partial charge is 0.489 e. The van der Waals surface area contributed by atoms with Gasteiger partial charge in [0.15, 0.2) is 0 Å². The third kappa shape index (κ3) is 5.16. The van der Waals surface area contributed by atoms with Crippen LogP contribution < -0.4 is 10.1 Å². The van der Waals surface area contributed by atoms with Gasteiger partial charge in [-0.15, -0.1) is 12.4 Å². The SMILES string of the molecule is CCNCc1cc(Br)ccc1OCc1ccccc1.Cl. The lowest BCUT2D eigenvalue weighted by atomic mass is 10.2. The topological polar surface area (TPSA) is 21.3 Å². The third-order valence-electron chi connectivity index (χ3n) is 2.83. The van der Waals surface area contributed by atoms with Gasteiger partial charge in [0.2, 0.25) is 0 Å². The molecule has 0 atom stereocenters. The van der Waals surface area contributed by atoms with Crippen molar-refractivity contribution in [3.8, 4) is 5.75 Å². The Labute approximate surface area is 135 Å². The van der Waals surface area contributed by atoms with Crippen LogP contribution in [0.3, 0.4) is 0 Å². The Morgan fingerprint density at radius 3 is 2.55 bits per heavy atom. The first-order chi connectivity index (χ1) is 9.29. The van der Waals surface area contributed by atoms with E-state index in [0.29, 0.717) is 6.61 Å². The molecule has 2 nitrogen and oxygen atoms in total. The second kappa shape index (κ2) is 9.01. The molecule has 0 aromatic heterocycles. The van der Waals surface area contributed by atoms with E-state index >= 15 is 0 Å². The standard InChI is InChI=1S/C16H18BrNO.ClH/c1-2-18-11-14-10-15(17)8-9-16(14)19-12-13-6-4-3-5-7-13;/h3-10,18H,2,11-12H2,1H3;1H. The Bertz CT molecular complexity index is 519. The van der Waals surface area contributed by atoms with Crippen LogP contribution in [0.25, 0.3) is 0 Å². The molecule has 0 aliphatic heterocycles. The smallest absolute Gasteiger partial charge is 0.124 e. The van der Waals surface area contributed by atoms with Gasteiger partial charge in [0.1, 0.15) is 12.4 Å². The summed E-state index contributed by atoms with van der Waals surface area (Å²) in [4.78, 5) is 0. The monoisotopic (exact) mass is 355 g/mol. The van der Waals surface area contributed by atoms with Gasteiger partial charge in [0, 0.05) is 16.6 Å². The van der Waals surface area contributed by atoms with Crippen molar-refractivity contribution in [2.75, 3.05) is 6.54 Å². The minimum Gasteiger partial charge on any atom is -0.489 e. The number of hydrogen-bond acceptors (Lipinski definition) is 2. The molecule has 0 spiro atoms. The summed E-state index contributed by atoms with van der Waals surface area (Å²) >= 11 is 3.50. The number of nitrogens with one attached hydrogen (secondary N) is 1. The van der Waals surface area contributed by atoms with E-state index in [2.05, 4.69) is 46.4 Å². The van der Waals surface area contributed by atoms with Crippen molar-refractivity contribution in [3.05, 3.63) is 64.1 Å². The van der Waals surface area contributed by atoms with Gasteiger partial charge in [0.25, 0.3) is 0 Å². The highest BCUT2D eigenvalue weighted by atomic mass is 79.9. The summed E-state index contributed by atoms with van der Waals surface area (Å²) in [5, 5.41) is 3.33. The van der Waals surface area contributed by atoms with Crippen molar-refractivity contribution in [1.82, 2.24) is 5.32 Å². The summed E-state index contributed by atoms with van der Waals surface area (Å²) in [6, 6.07) is 16.3. The molecule has 0 aliphatic carbocycles. The first-order valence-electron chi connectivity index (χ1n) is 6.45. The quantitative estimate of drug-likeness (QED) is 0.819. The highest BCUT2D eigenvalue weighted by Gasteiger charge is 2.04. The number of rotatable bonds is 6. The normalized spacial score (nSPS) is 9.90. The van der Waals surface area contributed by atoms with Crippen LogP contribution in [0.1, 0.15) is 18.1 Å². The third-order valence-corrected chi connectivity index (χ3v) is 3.32. The van der Waals surface area contributed by atoms with Gasteiger partial charge < -0.3 is 10.1 Å². The Morgan fingerprint density at radius 2 is 1.85 bits per heavy atom. The fourth-order valence-corrected chi connectivity index (χ4v) is 2.23. The maximum absolute atomic E-state index is 5.91. The molecule has 4 heteroatoms. The minimum absolute atomic E-state index is 0.